The van der Waals surface area contributed by atoms with Crippen molar-refractivity contribution in [2.75, 3.05) is 6.61 Å². The van der Waals surface area contributed by atoms with E-state index in [1.807, 2.05) is 24.3 Å². The molecular weight excluding hydrogens is 488 g/mol. The van der Waals surface area contributed by atoms with Gasteiger partial charge in [0.05, 0.1) is 30.5 Å². The molecule has 1 aromatic carbocycles. The number of hydrogen-bond acceptors (Lipinski definition) is 7. The average molecular weight is 529 g/mol. The summed E-state index contributed by atoms with van der Waals surface area (Å²) in [6, 6.07) is 12.9. The molecule has 6 nitrogen and oxygen atoms in total. The molecule has 202 valence electrons. The first-order valence-corrected chi connectivity index (χ1v) is 14.0. The van der Waals surface area contributed by atoms with Gasteiger partial charge in [-0.1, -0.05) is 42.5 Å². The Hall–Kier alpha value is -2.29. The molecule has 0 amide bonds. The van der Waals surface area contributed by atoms with Crippen LogP contribution in [0.25, 0.3) is 0 Å². The van der Waals surface area contributed by atoms with Crippen molar-refractivity contribution in [2.45, 2.75) is 76.3 Å². The Kier molecular flexibility index (Phi) is 12.0. The van der Waals surface area contributed by atoms with Gasteiger partial charge in [0, 0.05) is 22.1 Å². The molecule has 1 fully saturated rings. The Morgan fingerprint density at radius 1 is 1.11 bits per heavy atom. The highest BCUT2D eigenvalue weighted by atomic mass is 32.1. The lowest BCUT2D eigenvalue weighted by molar-refractivity contribution is 0.0110. The summed E-state index contributed by atoms with van der Waals surface area (Å²) in [4.78, 5) is 14.7. The van der Waals surface area contributed by atoms with E-state index in [9.17, 15) is 25.2 Å². The van der Waals surface area contributed by atoms with Crippen LogP contribution in [0.15, 0.2) is 66.8 Å². The van der Waals surface area contributed by atoms with Crippen LogP contribution < -0.4 is 0 Å². The van der Waals surface area contributed by atoms with Crippen molar-refractivity contribution < 1.29 is 30.0 Å². The quantitative estimate of drug-likeness (QED) is 0.162. The number of aryl methyl sites for hydroxylation is 2. The number of esters is 1. The molecule has 1 saturated carbocycles. The number of aliphatic hydroxyl groups is 4. The van der Waals surface area contributed by atoms with E-state index in [1.54, 1.807) is 41.7 Å². The second kappa shape index (κ2) is 15.2. The first-order chi connectivity index (χ1) is 17.9. The summed E-state index contributed by atoms with van der Waals surface area (Å²) in [6.07, 6.45) is 9.81. The highest BCUT2D eigenvalue weighted by Crippen LogP contribution is 2.36. The zero-order valence-electron chi connectivity index (χ0n) is 21.5. The summed E-state index contributed by atoms with van der Waals surface area (Å²) >= 11 is 1.74. The van der Waals surface area contributed by atoms with Gasteiger partial charge in [0.1, 0.15) is 6.10 Å². The number of allylic oxidation sites excluding steroid dienone is 2. The molecule has 1 heterocycles. The maximum atomic E-state index is 12.2. The van der Waals surface area contributed by atoms with Crippen molar-refractivity contribution in [1.29, 1.82) is 0 Å². The maximum Gasteiger partial charge on any atom is 0.338 e. The Morgan fingerprint density at radius 2 is 1.89 bits per heavy atom. The van der Waals surface area contributed by atoms with Gasteiger partial charge in [-0.3, -0.25) is 0 Å². The van der Waals surface area contributed by atoms with Gasteiger partial charge in [-0.2, -0.15) is 0 Å². The van der Waals surface area contributed by atoms with Crippen LogP contribution in [0.5, 0.6) is 0 Å². The molecule has 0 unspecified atom stereocenters. The number of unbranched alkanes of at least 4 members (excludes halogenated alkanes) is 1. The normalized spacial score (nSPS) is 23.6. The predicted molar refractivity (Wildman–Crippen MR) is 146 cm³/mol. The van der Waals surface area contributed by atoms with E-state index in [2.05, 4.69) is 19.1 Å². The smallest absolute Gasteiger partial charge is 0.338 e. The highest BCUT2D eigenvalue weighted by molar-refractivity contribution is 7.11. The largest absolute Gasteiger partial charge is 0.456 e. The van der Waals surface area contributed by atoms with Crippen molar-refractivity contribution in [3.8, 4) is 0 Å². The Labute approximate surface area is 223 Å². The lowest BCUT2D eigenvalue weighted by Gasteiger charge is -2.19. The van der Waals surface area contributed by atoms with E-state index in [-0.39, 0.29) is 18.4 Å². The minimum atomic E-state index is -0.624. The Bertz CT molecular complexity index is 1000. The zero-order chi connectivity index (χ0) is 26.6. The van der Waals surface area contributed by atoms with Crippen LogP contribution in [-0.2, 0) is 11.2 Å². The van der Waals surface area contributed by atoms with Crippen molar-refractivity contribution in [3.05, 3.63) is 82.1 Å². The van der Waals surface area contributed by atoms with Crippen molar-refractivity contribution in [3.63, 3.8) is 0 Å². The maximum absolute atomic E-state index is 12.2. The molecule has 0 radical (unpaired) electrons. The minimum Gasteiger partial charge on any atom is -0.456 e. The number of benzene rings is 1. The fourth-order valence-electron chi connectivity index (χ4n) is 4.78. The molecule has 3 rings (SSSR count). The summed E-state index contributed by atoms with van der Waals surface area (Å²) in [5.74, 6) is -0.740. The predicted octanol–water partition coefficient (Wildman–Crippen LogP) is 4.60. The van der Waals surface area contributed by atoms with Crippen molar-refractivity contribution in [2.24, 2.45) is 11.8 Å². The van der Waals surface area contributed by atoms with E-state index in [0.29, 0.717) is 31.2 Å². The van der Waals surface area contributed by atoms with Crippen molar-refractivity contribution >= 4 is 17.3 Å². The minimum absolute atomic E-state index is 0.105. The first-order valence-electron chi connectivity index (χ1n) is 13.2. The number of thiophene rings is 1. The molecule has 6 atom stereocenters. The molecule has 1 aliphatic carbocycles. The highest BCUT2D eigenvalue weighted by Gasteiger charge is 2.39. The lowest BCUT2D eigenvalue weighted by atomic mass is 9.89. The first kappa shape index (κ1) is 29.3. The van der Waals surface area contributed by atoms with Gasteiger partial charge in [0.15, 0.2) is 0 Å². The molecule has 0 spiro atoms. The molecule has 7 heteroatoms. The van der Waals surface area contributed by atoms with Crippen LogP contribution in [0, 0.1) is 18.8 Å². The number of aliphatic hydroxyl groups excluding tert-OH is 4. The van der Waals surface area contributed by atoms with E-state index < -0.39 is 30.4 Å². The average Bonchev–Trinajstić information content (AvgIpc) is 3.43. The van der Waals surface area contributed by atoms with E-state index in [4.69, 9.17) is 4.74 Å². The van der Waals surface area contributed by atoms with Crippen molar-refractivity contribution in [1.82, 2.24) is 0 Å². The molecule has 4 N–H and O–H groups in total. The molecular formula is C30H40O6S. The summed E-state index contributed by atoms with van der Waals surface area (Å²) in [6.45, 7) is 1.85. The van der Waals surface area contributed by atoms with Gasteiger partial charge in [0.2, 0.25) is 0 Å². The topological polar surface area (TPSA) is 107 Å². The van der Waals surface area contributed by atoms with E-state index in [1.165, 1.54) is 9.75 Å². The van der Waals surface area contributed by atoms with Crippen LogP contribution in [-0.4, -0.2) is 57.4 Å². The van der Waals surface area contributed by atoms with E-state index >= 15 is 0 Å². The second-order valence-corrected chi connectivity index (χ2v) is 11.2. The monoisotopic (exact) mass is 528 g/mol. The number of hydrogen-bond donors (Lipinski definition) is 4. The van der Waals surface area contributed by atoms with Gasteiger partial charge >= 0.3 is 5.97 Å². The van der Waals surface area contributed by atoms with E-state index in [0.717, 1.165) is 19.3 Å². The summed E-state index contributed by atoms with van der Waals surface area (Å²) in [7, 11) is 0. The van der Waals surface area contributed by atoms with Gasteiger partial charge in [0.25, 0.3) is 0 Å². The zero-order valence-corrected chi connectivity index (χ0v) is 22.3. The standard InChI is InChI=1S/C30H40O6S/c1-21-13-16-25(37-21)17-14-23(32)15-18-27-26(28(33)19-29(27)34)12-8-3-2-7-11-24(20-31)36-30(35)22-9-5-4-6-10-22/h3-6,8-10,13,15-16,18,23-24,26-29,31-34H,2,7,11-12,14,17,19-20H2,1H3/b8-3-,18-15+/t23-,24+,26+,27+,28-,29+/m0/s1. The third-order valence-corrected chi connectivity index (χ3v) is 7.97. The Balaban J connectivity index is 1.40. The Morgan fingerprint density at radius 3 is 2.59 bits per heavy atom. The van der Waals surface area contributed by atoms with Crippen LogP contribution in [0.1, 0.15) is 58.6 Å². The van der Waals surface area contributed by atoms with Gasteiger partial charge < -0.3 is 25.2 Å². The van der Waals surface area contributed by atoms with Crippen LogP contribution >= 0.6 is 11.3 Å². The van der Waals surface area contributed by atoms with Gasteiger partial charge in [-0.25, -0.2) is 4.79 Å². The second-order valence-electron chi connectivity index (χ2n) is 9.83. The fraction of sp³-hybridized carbons (Fsp3) is 0.500. The summed E-state index contributed by atoms with van der Waals surface area (Å²) in [5.41, 5.74) is 0.465. The molecule has 2 aromatic rings. The molecule has 0 aliphatic heterocycles. The van der Waals surface area contributed by atoms with Crippen LogP contribution in [0.3, 0.4) is 0 Å². The fourth-order valence-corrected chi connectivity index (χ4v) is 5.69. The molecule has 0 bridgehead atoms. The van der Waals surface area contributed by atoms with Gasteiger partial charge in [-0.05, 0) is 75.6 Å². The molecule has 1 aromatic heterocycles. The number of carbonyl (C=O) groups excluding carboxylic acids is 1. The third-order valence-electron chi connectivity index (χ3n) is 6.91. The number of ether oxygens (including phenoxy) is 1. The molecule has 0 saturated heterocycles. The SMILES string of the molecule is Cc1ccc(CC[C@H](O)/C=C/[C@@H]2[C@@H](C/C=C\CCC[C@H](CO)OC(=O)c3ccccc3)[C@@H](O)C[C@H]2O)s1. The van der Waals surface area contributed by atoms with Crippen LogP contribution in [0.2, 0.25) is 0 Å². The lowest BCUT2D eigenvalue weighted by Crippen LogP contribution is -2.22. The van der Waals surface area contributed by atoms with Gasteiger partial charge in [-0.15, -0.1) is 11.3 Å². The van der Waals surface area contributed by atoms with Crippen LogP contribution in [0.4, 0.5) is 0 Å². The molecule has 1 aliphatic rings. The molecule has 37 heavy (non-hydrogen) atoms. The summed E-state index contributed by atoms with van der Waals surface area (Å²) in [5, 5.41) is 40.9. The number of rotatable bonds is 14. The number of carbonyl (C=O) groups is 1. The third kappa shape index (κ3) is 9.51. The summed E-state index contributed by atoms with van der Waals surface area (Å²) < 4.78 is 5.40.